The van der Waals surface area contributed by atoms with Crippen molar-refractivity contribution in [2.75, 3.05) is 5.32 Å². The summed E-state index contributed by atoms with van der Waals surface area (Å²) in [7, 11) is 0. The molecule has 2 heterocycles. The van der Waals surface area contributed by atoms with E-state index >= 15 is 0 Å². The normalized spacial score (nSPS) is 11.7. The molecule has 0 aromatic carbocycles. The number of carbonyl (C=O) groups is 1. The van der Waals surface area contributed by atoms with Crippen LogP contribution in [-0.4, -0.2) is 21.1 Å². The van der Waals surface area contributed by atoms with Crippen LogP contribution in [0, 0.1) is 13.8 Å². The Morgan fingerprint density at radius 2 is 2.05 bits per heavy atom. The van der Waals surface area contributed by atoms with Crippen molar-refractivity contribution >= 4 is 23.3 Å². The zero-order valence-electron chi connectivity index (χ0n) is 10.2. The van der Waals surface area contributed by atoms with Crippen molar-refractivity contribution in [1.29, 1.82) is 0 Å². The second kappa shape index (κ2) is 4.82. The molecule has 2 N–H and O–H groups in total. The Hall–Kier alpha value is -2.03. The predicted molar refractivity (Wildman–Crippen MR) is 62.5 cm³/mol. The van der Waals surface area contributed by atoms with E-state index in [0.29, 0.717) is 0 Å². The van der Waals surface area contributed by atoms with Gasteiger partial charge in [-0.2, -0.15) is 23.3 Å². The number of aromatic amines is 1. The molecule has 0 saturated heterocycles. The maximum absolute atomic E-state index is 12.6. The number of amides is 1. The number of anilines is 1. The number of carbonyl (C=O) groups excluding carboxylic acids is 1. The first-order valence-electron chi connectivity index (χ1n) is 5.26. The summed E-state index contributed by atoms with van der Waals surface area (Å²) >= 11 is 5.48. The van der Waals surface area contributed by atoms with E-state index in [1.165, 1.54) is 13.8 Å². The highest BCUT2D eigenvalue weighted by molar-refractivity contribution is 6.28. The van der Waals surface area contributed by atoms with E-state index in [9.17, 15) is 18.0 Å². The summed E-state index contributed by atoms with van der Waals surface area (Å²) < 4.78 is 42.5. The smallest absolute Gasteiger partial charge is 0.432 e. The van der Waals surface area contributed by atoms with Crippen LogP contribution in [0.2, 0.25) is 5.35 Å². The number of oxazole rings is 1. The molecule has 0 saturated carbocycles. The third kappa shape index (κ3) is 2.62. The number of aromatic nitrogens is 3. The van der Waals surface area contributed by atoms with Crippen LogP contribution in [0.25, 0.3) is 0 Å². The van der Waals surface area contributed by atoms with Gasteiger partial charge in [-0.05, 0) is 25.4 Å². The van der Waals surface area contributed by atoms with Crippen LogP contribution < -0.4 is 5.32 Å². The Morgan fingerprint density at radius 1 is 1.40 bits per heavy atom. The number of hydrogen-bond donors (Lipinski definition) is 2. The van der Waals surface area contributed by atoms with Crippen LogP contribution in [-0.2, 0) is 6.18 Å². The lowest BCUT2D eigenvalue weighted by molar-refractivity contribution is -0.141. The molecular weight excluding hydrogens is 301 g/mol. The highest BCUT2D eigenvalue weighted by Crippen LogP contribution is 2.32. The molecule has 0 aliphatic heterocycles. The molecule has 0 radical (unpaired) electrons. The summed E-state index contributed by atoms with van der Waals surface area (Å²) in [5.74, 6) is -0.848. The fraction of sp³-hybridized carbons (Fsp3) is 0.300. The molecule has 2 rings (SSSR count). The van der Waals surface area contributed by atoms with E-state index < -0.39 is 17.8 Å². The highest BCUT2D eigenvalue weighted by Gasteiger charge is 2.36. The minimum Gasteiger partial charge on any atom is -0.432 e. The van der Waals surface area contributed by atoms with Crippen molar-refractivity contribution in [2.45, 2.75) is 20.0 Å². The van der Waals surface area contributed by atoms with Gasteiger partial charge in [0.25, 0.3) is 11.3 Å². The molecule has 2 aromatic rings. The SMILES string of the molecule is Cc1oc(Cl)nc1C(=O)Nc1n[nH]c(C(F)(F)F)c1C. The van der Waals surface area contributed by atoms with Gasteiger partial charge in [0.2, 0.25) is 0 Å². The average Bonchev–Trinajstić information content (AvgIpc) is 2.82. The fourth-order valence-electron chi connectivity index (χ4n) is 1.54. The van der Waals surface area contributed by atoms with Gasteiger partial charge in [0.05, 0.1) is 0 Å². The van der Waals surface area contributed by atoms with Crippen molar-refractivity contribution in [1.82, 2.24) is 15.2 Å². The first kappa shape index (κ1) is 14.4. The number of H-pyrrole nitrogens is 1. The van der Waals surface area contributed by atoms with Gasteiger partial charge in [-0.25, -0.2) is 0 Å². The summed E-state index contributed by atoms with van der Waals surface area (Å²) in [6.45, 7) is 2.64. The van der Waals surface area contributed by atoms with E-state index in [1.54, 1.807) is 0 Å². The van der Waals surface area contributed by atoms with Crippen LogP contribution in [0.15, 0.2) is 4.42 Å². The molecular formula is C10H8ClF3N4O2. The molecule has 0 unspecified atom stereocenters. The molecule has 0 spiro atoms. The minimum atomic E-state index is -4.58. The first-order chi connectivity index (χ1) is 9.20. The van der Waals surface area contributed by atoms with Gasteiger partial charge in [-0.15, -0.1) is 0 Å². The maximum Gasteiger partial charge on any atom is 0.433 e. The second-order valence-electron chi connectivity index (χ2n) is 3.90. The Kier molecular flexibility index (Phi) is 3.46. The number of alkyl halides is 3. The predicted octanol–water partition coefficient (Wildman–Crippen LogP) is 2.94. The van der Waals surface area contributed by atoms with E-state index in [1.807, 2.05) is 5.10 Å². The summed E-state index contributed by atoms with van der Waals surface area (Å²) in [4.78, 5) is 15.5. The lowest BCUT2D eigenvalue weighted by Crippen LogP contribution is -2.15. The Bertz CT molecular complexity index is 662. The molecule has 0 aliphatic rings. The van der Waals surface area contributed by atoms with E-state index in [4.69, 9.17) is 16.0 Å². The van der Waals surface area contributed by atoms with Crippen molar-refractivity contribution in [3.05, 3.63) is 28.1 Å². The summed E-state index contributed by atoms with van der Waals surface area (Å²) in [5, 5.41) is 7.22. The first-order valence-corrected chi connectivity index (χ1v) is 5.64. The molecule has 108 valence electrons. The molecule has 2 aromatic heterocycles. The summed E-state index contributed by atoms with van der Waals surface area (Å²) in [6, 6.07) is 0. The number of rotatable bonds is 2. The van der Waals surface area contributed by atoms with Gasteiger partial charge in [0, 0.05) is 5.56 Å². The van der Waals surface area contributed by atoms with Gasteiger partial charge >= 0.3 is 6.18 Å². The quantitative estimate of drug-likeness (QED) is 0.893. The molecule has 0 aliphatic carbocycles. The van der Waals surface area contributed by atoms with Crippen LogP contribution in [0.4, 0.5) is 19.0 Å². The van der Waals surface area contributed by atoms with E-state index in [-0.39, 0.29) is 28.2 Å². The van der Waals surface area contributed by atoms with Crippen LogP contribution in [0.5, 0.6) is 0 Å². The number of nitrogens with zero attached hydrogens (tertiary/aromatic N) is 2. The molecule has 10 heteroatoms. The zero-order chi connectivity index (χ0) is 15.1. The molecule has 0 bridgehead atoms. The fourth-order valence-corrected chi connectivity index (χ4v) is 1.74. The van der Waals surface area contributed by atoms with Crippen LogP contribution in [0.1, 0.15) is 27.5 Å². The van der Waals surface area contributed by atoms with Crippen molar-refractivity contribution < 1.29 is 22.4 Å². The van der Waals surface area contributed by atoms with Gasteiger partial charge in [0.15, 0.2) is 11.5 Å². The maximum atomic E-state index is 12.6. The van der Waals surface area contributed by atoms with Crippen molar-refractivity contribution in [3.63, 3.8) is 0 Å². The highest BCUT2D eigenvalue weighted by atomic mass is 35.5. The van der Waals surface area contributed by atoms with Gasteiger partial charge in [-0.1, -0.05) is 0 Å². The second-order valence-corrected chi connectivity index (χ2v) is 4.22. The van der Waals surface area contributed by atoms with E-state index in [2.05, 4.69) is 15.4 Å². The monoisotopic (exact) mass is 308 g/mol. The third-order valence-corrected chi connectivity index (χ3v) is 2.67. The summed E-state index contributed by atoms with van der Waals surface area (Å²) in [5.41, 5.74) is -1.37. The van der Waals surface area contributed by atoms with Crippen LogP contribution >= 0.6 is 11.6 Å². The lowest BCUT2D eigenvalue weighted by Gasteiger charge is -2.04. The van der Waals surface area contributed by atoms with Crippen LogP contribution in [0.3, 0.4) is 0 Å². The lowest BCUT2D eigenvalue weighted by atomic mass is 10.2. The molecule has 0 atom stereocenters. The van der Waals surface area contributed by atoms with Crippen molar-refractivity contribution in [3.8, 4) is 0 Å². The number of hydrogen-bond acceptors (Lipinski definition) is 4. The summed E-state index contributed by atoms with van der Waals surface area (Å²) in [6.07, 6.45) is -4.58. The van der Waals surface area contributed by atoms with Crippen molar-refractivity contribution in [2.24, 2.45) is 0 Å². The molecule has 20 heavy (non-hydrogen) atoms. The van der Waals surface area contributed by atoms with E-state index in [0.717, 1.165) is 0 Å². The zero-order valence-corrected chi connectivity index (χ0v) is 11.0. The van der Waals surface area contributed by atoms with Gasteiger partial charge in [0.1, 0.15) is 11.5 Å². The number of halogens is 4. The van der Waals surface area contributed by atoms with Gasteiger partial charge < -0.3 is 9.73 Å². The Labute approximate surface area is 115 Å². The van der Waals surface area contributed by atoms with Gasteiger partial charge in [-0.3, -0.25) is 9.89 Å². The largest absolute Gasteiger partial charge is 0.433 e. The third-order valence-electron chi connectivity index (χ3n) is 2.51. The average molecular weight is 309 g/mol. The molecule has 0 fully saturated rings. The minimum absolute atomic E-state index is 0.119. The number of aryl methyl sites for hydroxylation is 1. The Morgan fingerprint density at radius 3 is 2.50 bits per heavy atom. The topological polar surface area (TPSA) is 83.8 Å². The molecule has 6 nitrogen and oxygen atoms in total. The number of nitrogens with one attached hydrogen (secondary N) is 2. The molecule has 1 amide bonds. The Balaban J connectivity index is 2.25. The standard InChI is InChI=1S/C10H8ClF3N4O2/c1-3-6(10(12,13)14)17-18-7(3)16-8(19)5-4(2)20-9(11)15-5/h1-2H3,(H2,16,17,18,19).